The first-order valence-electron chi connectivity index (χ1n) is 10.1. The molecule has 4 rings (SSSR count). The van der Waals surface area contributed by atoms with Crippen molar-refractivity contribution < 1.29 is 17.9 Å². The van der Waals surface area contributed by atoms with Gasteiger partial charge in [-0.1, -0.05) is 42.4 Å². The Morgan fingerprint density at radius 2 is 1.18 bits per heavy atom. The molecule has 4 heteroatoms. The Bertz CT molecular complexity index is 1450. The third kappa shape index (κ3) is 5.26. The minimum absolute atomic E-state index is 0.0151. The van der Waals surface area contributed by atoms with Gasteiger partial charge in [-0.15, -0.1) is 0 Å². The van der Waals surface area contributed by atoms with E-state index in [0.717, 1.165) is 28.5 Å². The third-order valence-electron chi connectivity index (χ3n) is 4.78. The number of benzene rings is 4. The summed E-state index contributed by atoms with van der Waals surface area (Å²) in [7, 11) is 0. The van der Waals surface area contributed by atoms with Gasteiger partial charge in [-0.05, 0) is 72.1 Å². The first kappa shape index (κ1) is 21.8. The predicted molar refractivity (Wildman–Crippen MR) is 124 cm³/mol. The average Bonchev–Trinajstić information content (AvgIpc) is 2.84. The second kappa shape index (κ2) is 9.81. The number of hydrogen-bond acceptors (Lipinski definition) is 1. The molecule has 0 amide bonds. The van der Waals surface area contributed by atoms with Gasteiger partial charge in [-0.25, -0.2) is 13.2 Å². The van der Waals surface area contributed by atoms with Crippen molar-refractivity contribution in [3.05, 3.63) is 125 Å². The van der Waals surface area contributed by atoms with Gasteiger partial charge in [0, 0.05) is 27.6 Å². The average molecular weight is 438 g/mol. The summed E-state index contributed by atoms with van der Waals surface area (Å²) in [4.78, 5) is 0. The topological polar surface area (TPSA) is 9.23 Å². The van der Waals surface area contributed by atoms with E-state index >= 15 is 0 Å². The number of halogens is 3. The van der Waals surface area contributed by atoms with Crippen molar-refractivity contribution in [2.75, 3.05) is 6.61 Å². The maximum absolute atomic E-state index is 13.8. The molecule has 0 spiro atoms. The van der Waals surface area contributed by atoms with Crippen LogP contribution in [0.25, 0.3) is 10.8 Å². The highest BCUT2D eigenvalue weighted by Crippen LogP contribution is 2.24. The summed E-state index contributed by atoms with van der Waals surface area (Å²) < 4.78 is 46.2. The van der Waals surface area contributed by atoms with Crippen molar-refractivity contribution in [2.45, 2.75) is 0 Å². The zero-order valence-corrected chi connectivity index (χ0v) is 17.5. The van der Waals surface area contributed by atoms with Crippen LogP contribution < -0.4 is 4.74 Å². The van der Waals surface area contributed by atoms with Gasteiger partial charge >= 0.3 is 0 Å². The number of ether oxygens (including phenoxy) is 1. The molecule has 33 heavy (non-hydrogen) atoms. The van der Waals surface area contributed by atoms with Crippen molar-refractivity contribution in [2.24, 2.45) is 0 Å². The first-order valence-corrected chi connectivity index (χ1v) is 10.1. The quantitative estimate of drug-likeness (QED) is 0.198. The molecule has 0 atom stereocenters. The second-order valence-electron chi connectivity index (χ2n) is 7.12. The van der Waals surface area contributed by atoms with Gasteiger partial charge in [0.05, 0.1) is 0 Å². The van der Waals surface area contributed by atoms with Crippen LogP contribution in [0.5, 0.6) is 5.75 Å². The van der Waals surface area contributed by atoms with E-state index in [2.05, 4.69) is 30.3 Å². The fourth-order valence-corrected chi connectivity index (χ4v) is 3.10. The molecule has 0 saturated carbocycles. The number of hydrogen-bond donors (Lipinski definition) is 0. The highest BCUT2D eigenvalue weighted by Gasteiger charge is 2.13. The van der Waals surface area contributed by atoms with Crippen LogP contribution in [-0.4, -0.2) is 6.61 Å². The predicted octanol–water partition coefficient (Wildman–Crippen LogP) is 6.62. The summed E-state index contributed by atoms with van der Waals surface area (Å²) in [5.74, 6) is 9.04. The molecular weight excluding hydrogens is 421 g/mol. The Morgan fingerprint density at radius 1 is 0.667 bits per heavy atom. The fourth-order valence-electron chi connectivity index (χ4n) is 3.10. The van der Waals surface area contributed by atoms with E-state index in [1.807, 2.05) is 48.5 Å². The maximum Gasteiger partial charge on any atom is 0.195 e. The molecule has 0 aliphatic carbocycles. The summed E-state index contributed by atoms with van der Waals surface area (Å²) >= 11 is 0. The van der Waals surface area contributed by atoms with Gasteiger partial charge in [0.2, 0.25) is 0 Å². The molecule has 0 aliphatic heterocycles. The zero-order valence-electron chi connectivity index (χ0n) is 17.5. The van der Waals surface area contributed by atoms with E-state index in [0.29, 0.717) is 12.2 Å². The largest absolute Gasteiger partial charge is 0.490 e. The minimum Gasteiger partial charge on any atom is -0.490 e. The Balaban J connectivity index is 1.47. The van der Waals surface area contributed by atoms with Crippen LogP contribution >= 0.6 is 0 Å². The normalized spacial score (nSPS) is 10.0. The van der Waals surface area contributed by atoms with Crippen LogP contribution in [0.4, 0.5) is 13.2 Å². The van der Waals surface area contributed by atoms with Crippen molar-refractivity contribution in [1.29, 1.82) is 0 Å². The molecule has 1 nitrogen and oxygen atoms in total. The summed E-state index contributed by atoms with van der Waals surface area (Å²) in [6.07, 6.45) is 1.69. The van der Waals surface area contributed by atoms with Gasteiger partial charge in [-0.3, -0.25) is 0 Å². The monoisotopic (exact) mass is 438 g/mol. The van der Waals surface area contributed by atoms with Gasteiger partial charge < -0.3 is 4.74 Å². The molecule has 0 aromatic heterocycles. The minimum atomic E-state index is -1.47. The standard InChI is InChI=1S/C29H17F3O/c1-2-17-33-25-14-11-22(12-15-25)8-7-20-3-5-21(6-4-20)9-10-23-13-16-26-24(18-23)19-27(30)29(32)28(26)31/h2-6,11-16,18-19H,1,17H2. The highest BCUT2D eigenvalue weighted by molar-refractivity contribution is 5.84. The molecule has 0 heterocycles. The Labute approximate surface area is 190 Å². The van der Waals surface area contributed by atoms with Crippen molar-refractivity contribution >= 4 is 10.8 Å². The molecule has 0 aliphatic rings. The molecule has 160 valence electrons. The number of rotatable bonds is 3. The molecule has 0 bridgehead atoms. The van der Waals surface area contributed by atoms with Crippen LogP contribution in [0.15, 0.2) is 85.5 Å². The van der Waals surface area contributed by atoms with Crippen LogP contribution in [0.2, 0.25) is 0 Å². The Morgan fingerprint density at radius 3 is 1.76 bits per heavy atom. The SMILES string of the molecule is C=CCOc1ccc(C#Cc2ccc(C#Cc3ccc4c(F)c(F)c(F)cc4c3)cc2)cc1. The molecule has 0 fully saturated rings. The lowest BCUT2D eigenvalue weighted by Gasteiger charge is -2.02. The van der Waals surface area contributed by atoms with Gasteiger partial charge in [-0.2, -0.15) is 0 Å². The summed E-state index contributed by atoms with van der Waals surface area (Å²) in [6, 6.07) is 20.4. The lowest BCUT2D eigenvalue weighted by Crippen LogP contribution is -1.92. The van der Waals surface area contributed by atoms with Crippen LogP contribution in [-0.2, 0) is 0 Å². The molecular formula is C29H17F3O. The van der Waals surface area contributed by atoms with E-state index in [4.69, 9.17) is 4.74 Å². The fraction of sp³-hybridized carbons (Fsp3) is 0.0345. The van der Waals surface area contributed by atoms with E-state index in [-0.39, 0.29) is 10.8 Å². The molecule has 0 radical (unpaired) electrons. The van der Waals surface area contributed by atoms with Crippen LogP contribution in [0.3, 0.4) is 0 Å². The second-order valence-corrected chi connectivity index (χ2v) is 7.12. The zero-order chi connectivity index (χ0) is 23.2. The molecule has 4 aromatic carbocycles. The van der Waals surface area contributed by atoms with Gasteiger partial charge in [0.1, 0.15) is 12.4 Å². The molecule has 0 N–H and O–H groups in total. The first-order chi connectivity index (χ1) is 16.0. The summed E-state index contributed by atoms with van der Waals surface area (Å²) in [6.45, 7) is 4.07. The lowest BCUT2D eigenvalue weighted by atomic mass is 10.1. The van der Waals surface area contributed by atoms with E-state index in [1.165, 1.54) is 12.1 Å². The lowest BCUT2D eigenvalue weighted by molar-refractivity contribution is 0.363. The Kier molecular flexibility index (Phi) is 6.48. The summed E-state index contributed by atoms with van der Waals surface area (Å²) in [5.41, 5.74) is 3.04. The molecule has 0 saturated heterocycles. The van der Waals surface area contributed by atoms with E-state index in [1.54, 1.807) is 12.1 Å². The molecule has 4 aromatic rings. The molecule has 0 unspecified atom stereocenters. The smallest absolute Gasteiger partial charge is 0.195 e. The van der Waals surface area contributed by atoms with Crippen LogP contribution in [0.1, 0.15) is 22.3 Å². The van der Waals surface area contributed by atoms with E-state index in [9.17, 15) is 13.2 Å². The highest BCUT2D eigenvalue weighted by atomic mass is 19.2. The Hall–Kier alpha value is -4.41. The van der Waals surface area contributed by atoms with Crippen molar-refractivity contribution in [3.8, 4) is 29.4 Å². The third-order valence-corrected chi connectivity index (χ3v) is 4.78. The summed E-state index contributed by atoms with van der Waals surface area (Å²) in [5, 5.41) is 0.269. The number of fused-ring (bicyclic) bond motifs is 1. The van der Waals surface area contributed by atoms with E-state index < -0.39 is 17.5 Å². The van der Waals surface area contributed by atoms with Gasteiger partial charge in [0.15, 0.2) is 17.5 Å². The maximum atomic E-state index is 13.8. The van der Waals surface area contributed by atoms with Crippen molar-refractivity contribution in [3.63, 3.8) is 0 Å². The van der Waals surface area contributed by atoms with Crippen LogP contribution in [0, 0.1) is 41.1 Å². The van der Waals surface area contributed by atoms with Gasteiger partial charge in [0.25, 0.3) is 0 Å². The van der Waals surface area contributed by atoms with Crippen molar-refractivity contribution in [1.82, 2.24) is 0 Å².